The molecule has 0 amide bonds. The SMILES string of the molecule is Nc1ccc(SC(c2ccc(Cl)cc2)C(Cl)n2ccnc2)cc1. The summed E-state index contributed by atoms with van der Waals surface area (Å²) in [5.41, 5.74) is 7.33. The van der Waals surface area contributed by atoms with Gasteiger partial charge in [-0.1, -0.05) is 35.3 Å². The first-order valence-electron chi connectivity index (χ1n) is 7.02. The van der Waals surface area contributed by atoms with Crippen LogP contribution in [0.4, 0.5) is 5.69 Å². The molecule has 0 spiro atoms. The average Bonchev–Trinajstić information content (AvgIpc) is 3.09. The molecule has 0 saturated carbocycles. The molecule has 0 aliphatic rings. The summed E-state index contributed by atoms with van der Waals surface area (Å²) in [4.78, 5) is 5.19. The molecule has 23 heavy (non-hydrogen) atoms. The molecular weight excluding hydrogens is 349 g/mol. The molecular formula is C17H15Cl2N3S. The summed E-state index contributed by atoms with van der Waals surface area (Å²) in [6.45, 7) is 0. The molecule has 0 aliphatic carbocycles. The van der Waals surface area contributed by atoms with E-state index in [1.807, 2.05) is 59.3 Å². The van der Waals surface area contributed by atoms with Gasteiger partial charge in [-0.3, -0.25) is 0 Å². The Balaban J connectivity index is 1.92. The highest BCUT2D eigenvalue weighted by atomic mass is 35.5. The second-order valence-electron chi connectivity index (χ2n) is 5.04. The molecule has 3 aromatic rings. The standard InChI is InChI=1S/C17H15Cl2N3S/c18-13-3-1-12(2-4-13)16(17(19)22-10-9-21-11-22)23-15-7-5-14(20)6-8-15/h1-11,16-17H,20H2. The highest BCUT2D eigenvalue weighted by molar-refractivity contribution is 7.99. The average molecular weight is 364 g/mol. The normalized spacial score (nSPS) is 13.7. The lowest BCUT2D eigenvalue weighted by atomic mass is 10.1. The number of nitrogens with two attached hydrogens (primary N) is 1. The van der Waals surface area contributed by atoms with Crippen molar-refractivity contribution in [1.82, 2.24) is 9.55 Å². The third-order valence-electron chi connectivity index (χ3n) is 3.40. The van der Waals surface area contributed by atoms with Gasteiger partial charge in [0.2, 0.25) is 0 Å². The van der Waals surface area contributed by atoms with Crippen LogP contribution in [0.2, 0.25) is 5.02 Å². The molecule has 6 heteroatoms. The number of imidazole rings is 1. The minimum absolute atomic E-state index is 0.00626. The summed E-state index contributed by atoms with van der Waals surface area (Å²) < 4.78 is 1.89. The number of alkyl halides is 1. The quantitative estimate of drug-likeness (QED) is 0.375. The smallest absolute Gasteiger partial charge is 0.125 e. The van der Waals surface area contributed by atoms with E-state index >= 15 is 0 Å². The third kappa shape index (κ3) is 4.02. The number of hydrogen-bond acceptors (Lipinski definition) is 3. The monoisotopic (exact) mass is 363 g/mol. The second kappa shape index (κ2) is 7.30. The molecule has 3 rings (SSSR count). The van der Waals surface area contributed by atoms with Gasteiger partial charge in [-0.15, -0.1) is 11.8 Å². The highest BCUT2D eigenvalue weighted by Gasteiger charge is 2.24. The van der Waals surface area contributed by atoms with Crippen molar-refractivity contribution in [2.24, 2.45) is 0 Å². The number of thioether (sulfide) groups is 1. The van der Waals surface area contributed by atoms with Crippen molar-refractivity contribution in [2.75, 3.05) is 5.73 Å². The minimum Gasteiger partial charge on any atom is -0.399 e. The number of rotatable bonds is 5. The fourth-order valence-electron chi connectivity index (χ4n) is 2.20. The van der Waals surface area contributed by atoms with Crippen LogP contribution in [0.15, 0.2) is 72.1 Å². The summed E-state index contributed by atoms with van der Waals surface area (Å²) in [5.74, 6) is 0. The summed E-state index contributed by atoms with van der Waals surface area (Å²) >= 11 is 14.4. The molecule has 2 N–H and O–H groups in total. The van der Waals surface area contributed by atoms with Crippen molar-refractivity contribution in [3.05, 3.63) is 77.8 Å². The number of halogens is 2. The Morgan fingerprint density at radius 2 is 1.74 bits per heavy atom. The Hall–Kier alpha value is -1.62. The molecule has 118 valence electrons. The molecule has 0 fully saturated rings. The van der Waals surface area contributed by atoms with E-state index in [0.29, 0.717) is 5.02 Å². The Bertz CT molecular complexity index is 743. The van der Waals surface area contributed by atoms with Crippen LogP contribution in [0.1, 0.15) is 16.3 Å². The summed E-state index contributed by atoms with van der Waals surface area (Å²) in [5, 5.41) is 0.713. The van der Waals surface area contributed by atoms with E-state index in [1.54, 1.807) is 24.3 Å². The fourth-order valence-corrected chi connectivity index (χ4v) is 3.87. The highest BCUT2D eigenvalue weighted by Crippen LogP contribution is 2.45. The molecule has 1 heterocycles. The second-order valence-corrected chi connectivity index (χ2v) is 7.14. The van der Waals surface area contributed by atoms with Crippen LogP contribution < -0.4 is 5.73 Å². The van der Waals surface area contributed by atoms with E-state index in [-0.39, 0.29) is 10.8 Å². The van der Waals surface area contributed by atoms with Gasteiger partial charge in [0.1, 0.15) is 5.50 Å². The van der Waals surface area contributed by atoms with Crippen molar-refractivity contribution in [3.8, 4) is 0 Å². The van der Waals surface area contributed by atoms with Gasteiger partial charge in [-0.2, -0.15) is 0 Å². The van der Waals surface area contributed by atoms with Crippen LogP contribution in [-0.2, 0) is 0 Å². The van der Waals surface area contributed by atoms with Gasteiger partial charge in [0.15, 0.2) is 0 Å². The van der Waals surface area contributed by atoms with Crippen molar-refractivity contribution in [3.63, 3.8) is 0 Å². The van der Waals surface area contributed by atoms with Crippen molar-refractivity contribution < 1.29 is 0 Å². The first kappa shape index (κ1) is 16.2. The molecule has 0 radical (unpaired) electrons. The van der Waals surface area contributed by atoms with Crippen molar-refractivity contribution >= 4 is 40.7 Å². The number of nitrogen functional groups attached to an aromatic ring is 1. The predicted octanol–water partition coefficient (Wildman–Crippen LogP) is 5.39. The van der Waals surface area contributed by atoms with E-state index in [1.165, 1.54) is 0 Å². The van der Waals surface area contributed by atoms with Gasteiger partial charge in [0, 0.05) is 28.0 Å². The molecule has 0 saturated heterocycles. The zero-order chi connectivity index (χ0) is 16.2. The zero-order valence-corrected chi connectivity index (χ0v) is 14.5. The van der Waals surface area contributed by atoms with Crippen LogP contribution in [0.3, 0.4) is 0 Å². The first-order valence-corrected chi connectivity index (χ1v) is 8.72. The predicted molar refractivity (Wildman–Crippen MR) is 98.0 cm³/mol. The van der Waals surface area contributed by atoms with Gasteiger partial charge in [0.05, 0.1) is 11.6 Å². The van der Waals surface area contributed by atoms with E-state index < -0.39 is 0 Å². The molecule has 2 unspecified atom stereocenters. The maximum Gasteiger partial charge on any atom is 0.125 e. The summed E-state index contributed by atoms with van der Waals surface area (Å²) in [7, 11) is 0. The van der Waals surface area contributed by atoms with E-state index in [0.717, 1.165) is 16.1 Å². The van der Waals surface area contributed by atoms with Crippen LogP contribution in [-0.4, -0.2) is 9.55 Å². The maximum absolute atomic E-state index is 6.71. The number of aromatic nitrogens is 2. The fraction of sp³-hybridized carbons (Fsp3) is 0.118. The summed E-state index contributed by atoms with van der Waals surface area (Å²) in [6, 6.07) is 15.5. The number of benzene rings is 2. The van der Waals surface area contributed by atoms with Crippen molar-refractivity contribution in [1.29, 1.82) is 0 Å². The molecule has 3 nitrogen and oxygen atoms in total. The first-order chi connectivity index (χ1) is 11.1. The Morgan fingerprint density at radius 3 is 2.35 bits per heavy atom. The lowest BCUT2D eigenvalue weighted by molar-refractivity contribution is 0.651. The molecule has 0 bridgehead atoms. The number of anilines is 1. The van der Waals surface area contributed by atoms with Gasteiger partial charge >= 0.3 is 0 Å². The van der Waals surface area contributed by atoms with Gasteiger partial charge < -0.3 is 10.3 Å². The maximum atomic E-state index is 6.71. The topological polar surface area (TPSA) is 43.8 Å². The van der Waals surface area contributed by atoms with Crippen LogP contribution in [0.5, 0.6) is 0 Å². The van der Waals surface area contributed by atoms with Crippen molar-refractivity contribution in [2.45, 2.75) is 15.6 Å². The van der Waals surface area contributed by atoms with Crippen LogP contribution >= 0.6 is 35.0 Å². The van der Waals surface area contributed by atoms with Gasteiger partial charge in [-0.05, 0) is 42.0 Å². The van der Waals surface area contributed by atoms with Gasteiger partial charge in [-0.25, -0.2) is 4.98 Å². The van der Waals surface area contributed by atoms with Crippen LogP contribution in [0, 0.1) is 0 Å². The Labute approximate surface area is 149 Å². The molecule has 1 aromatic heterocycles. The largest absolute Gasteiger partial charge is 0.399 e. The minimum atomic E-state index is -0.277. The molecule has 2 aromatic carbocycles. The Kier molecular flexibility index (Phi) is 5.16. The van der Waals surface area contributed by atoms with Gasteiger partial charge in [0.25, 0.3) is 0 Å². The lowest BCUT2D eigenvalue weighted by Gasteiger charge is -2.23. The zero-order valence-electron chi connectivity index (χ0n) is 12.1. The number of hydrogen-bond donors (Lipinski definition) is 1. The molecule has 0 aliphatic heterocycles. The lowest BCUT2D eigenvalue weighted by Crippen LogP contribution is -2.09. The Morgan fingerprint density at radius 1 is 1.04 bits per heavy atom. The van der Waals surface area contributed by atoms with E-state index in [4.69, 9.17) is 28.9 Å². The summed E-state index contributed by atoms with van der Waals surface area (Å²) in [6.07, 6.45) is 5.32. The van der Waals surface area contributed by atoms with E-state index in [9.17, 15) is 0 Å². The third-order valence-corrected chi connectivity index (χ3v) is 5.61. The van der Waals surface area contributed by atoms with E-state index in [2.05, 4.69) is 4.98 Å². The van der Waals surface area contributed by atoms with Crippen LogP contribution in [0.25, 0.3) is 0 Å². The number of nitrogens with zero attached hydrogens (tertiary/aromatic N) is 2. The molecule has 2 atom stereocenters.